The van der Waals surface area contributed by atoms with Crippen molar-refractivity contribution in [3.8, 4) is 11.5 Å². The molecule has 160 valence electrons. The van der Waals surface area contributed by atoms with Crippen molar-refractivity contribution >= 4 is 53.4 Å². The molecule has 1 heterocycles. The predicted octanol–water partition coefficient (Wildman–Crippen LogP) is 4.89. The van der Waals surface area contributed by atoms with Gasteiger partial charge in [-0.05, 0) is 42.5 Å². The van der Waals surface area contributed by atoms with E-state index in [1.807, 2.05) is 0 Å². The number of amides is 3. The minimum absolute atomic E-state index is 0.265. The van der Waals surface area contributed by atoms with Gasteiger partial charge in [0, 0.05) is 29.7 Å². The Bertz CT molecular complexity index is 1080. The molecule has 2 aromatic carbocycles. The highest BCUT2D eigenvalue weighted by atomic mass is 35.5. The highest BCUT2D eigenvalue weighted by molar-refractivity contribution is 7.82. The molecule has 0 fully saturated rings. The van der Waals surface area contributed by atoms with Crippen molar-refractivity contribution in [1.29, 1.82) is 0 Å². The van der Waals surface area contributed by atoms with Crippen LogP contribution in [0.3, 0.4) is 0 Å². The third-order valence-electron chi connectivity index (χ3n) is 4.22. The number of aromatic nitrogens is 1. The van der Waals surface area contributed by atoms with Crippen LogP contribution in [-0.4, -0.2) is 31.1 Å². The Morgan fingerprint density at radius 1 is 0.968 bits per heavy atom. The van der Waals surface area contributed by atoms with Gasteiger partial charge in [0.2, 0.25) is 0 Å². The molecule has 8 nitrogen and oxygen atoms in total. The number of benzene rings is 2. The number of thiol groups is 1. The average Bonchev–Trinajstić information content (AvgIpc) is 2.79. The number of hydrogen-bond acceptors (Lipinski definition) is 6. The Labute approximate surface area is 189 Å². The topological polar surface area (TPSA) is 92.8 Å². The van der Waals surface area contributed by atoms with E-state index >= 15 is 0 Å². The summed E-state index contributed by atoms with van der Waals surface area (Å²) in [4.78, 5) is 28.7. The quantitative estimate of drug-likeness (QED) is 0.457. The number of halogens is 1. The summed E-state index contributed by atoms with van der Waals surface area (Å²) in [6, 6.07) is 12.4. The summed E-state index contributed by atoms with van der Waals surface area (Å²) < 4.78 is 11.5. The fourth-order valence-corrected chi connectivity index (χ4v) is 3.06. The van der Waals surface area contributed by atoms with E-state index in [2.05, 4.69) is 28.4 Å². The first kappa shape index (κ1) is 22.3. The second kappa shape index (κ2) is 10.1. The molecule has 0 unspecified atom stereocenters. The molecule has 0 saturated heterocycles. The maximum atomic E-state index is 12.6. The van der Waals surface area contributed by atoms with Crippen LogP contribution in [0.1, 0.15) is 10.4 Å². The number of hydrogen-bond donors (Lipinski definition) is 3. The normalized spacial score (nSPS) is 10.2. The lowest BCUT2D eigenvalue weighted by Gasteiger charge is -2.19. The number of urea groups is 1. The first-order valence-corrected chi connectivity index (χ1v) is 9.73. The van der Waals surface area contributed by atoms with Crippen molar-refractivity contribution in [3.05, 3.63) is 71.5 Å². The fourth-order valence-electron chi connectivity index (χ4n) is 2.64. The number of anilines is 3. The van der Waals surface area contributed by atoms with E-state index in [9.17, 15) is 9.59 Å². The highest BCUT2D eigenvalue weighted by Crippen LogP contribution is 2.36. The van der Waals surface area contributed by atoms with Gasteiger partial charge in [-0.3, -0.25) is 9.78 Å². The SMILES string of the molecule is COc1cc(OC)c(NC(=O)N(S)c2ccc(NC(=O)c3ccncc3)cc2)cc1Cl. The van der Waals surface area contributed by atoms with Gasteiger partial charge >= 0.3 is 6.03 Å². The lowest BCUT2D eigenvalue weighted by molar-refractivity contribution is 0.102. The Morgan fingerprint density at radius 3 is 2.23 bits per heavy atom. The summed E-state index contributed by atoms with van der Waals surface area (Å²) in [7, 11) is 2.95. The van der Waals surface area contributed by atoms with Gasteiger partial charge in [0.25, 0.3) is 5.91 Å². The number of rotatable bonds is 6. The van der Waals surface area contributed by atoms with E-state index in [4.69, 9.17) is 21.1 Å². The predicted molar refractivity (Wildman–Crippen MR) is 124 cm³/mol. The van der Waals surface area contributed by atoms with Crippen LogP contribution in [0.25, 0.3) is 0 Å². The lowest BCUT2D eigenvalue weighted by Crippen LogP contribution is -2.27. The third-order valence-corrected chi connectivity index (χ3v) is 4.93. The number of methoxy groups -OCH3 is 2. The number of ether oxygens (including phenoxy) is 2. The zero-order valence-electron chi connectivity index (χ0n) is 16.6. The summed E-state index contributed by atoms with van der Waals surface area (Å²) in [5, 5.41) is 5.78. The molecule has 0 bridgehead atoms. The van der Waals surface area contributed by atoms with Crippen LogP contribution in [0.2, 0.25) is 5.02 Å². The number of nitrogens with zero attached hydrogens (tertiary/aromatic N) is 2. The maximum Gasteiger partial charge on any atom is 0.336 e. The minimum atomic E-state index is -0.531. The molecule has 3 aromatic rings. The first-order chi connectivity index (χ1) is 14.9. The van der Waals surface area contributed by atoms with Crippen molar-refractivity contribution in [2.45, 2.75) is 0 Å². The maximum absolute atomic E-state index is 12.6. The van der Waals surface area contributed by atoms with E-state index in [1.165, 1.54) is 20.3 Å². The van der Waals surface area contributed by atoms with Crippen molar-refractivity contribution in [2.24, 2.45) is 0 Å². The zero-order valence-corrected chi connectivity index (χ0v) is 18.3. The van der Waals surface area contributed by atoms with Crippen LogP contribution in [0.4, 0.5) is 21.9 Å². The number of nitrogens with one attached hydrogen (secondary N) is 2. The molecule has 0 saturated carbocycles. The fraction of sp³-hybridized carbons (Fsp3) is 0.0952. The molecule has 2 N–H and O–H groups in total. The summed E-state index contributed by atoms with van der Waals surface area (Å²) in [6.45, 7) is 0. The Balaban J connectivity index is 1.69. The summed E-state index contributed by atoms with van der Waals surface area (Å²) in [5.41, 5.74) is 1.90. The number of carbonyl (C=O) groups is 2. The molecular formula is C21H19ClN4O4S. The second-order valence-electron chi connectivity index (χ2n) is 6.17. The Kier molecular flexibility index (Phi) is 7.22. The highest BCUT2D eigenvalue weighted by Gasteiger charge is 2.17. The van der Waals surface area contributed by atoms with Gasteiger partial charge in [-0.15, -0.1) is 0 Å². The van der Waals surface area contributed by atoms with Gasteiger partial charge in [0.1, 0.15) is 11.5 Å². The smallest absolute Gasteiger partial charge is 0.336 e. The van der Waals surface area contributed by atoms with Crippen molar-refractivity contribution in [2.75, 3.05) is 29.2 Å². The molecule has 0 aliphatic carbocycles. The standard InChI is InChI=1S/C21H19ClN4O4S/c1-29-18-12-19(30-2)17(11-16(18)22)25-21(28)26(31)15-5-3-14(4-6-15)24-20(27)13-7-9-23-10-8-13/h3-12,31H,1-2H3,(H,24,27)(H,25,28). The van der Waals surface area contributed by atoms with Gasteiger partial charge in [0.05, 0.1) is 30.6 Å². The molecule has 3 rings (SSSR count). The van der Waals surface area contributed by atoms with Crippen LogP contribution in [0.15, 0.2) is 60.9 Å². The molecule has 0 aliphatic rings. The summed E-state index contributed by atoms with van der Waals surface area (Å²) in [6.07, 6.45) is 3.08. The van der Waals surface area contributed by atoms with Gasteiger partial charge in [-0.1, -0.05) is 24.4 Å². The van der Waals surface area contributed by atoms with Crippen molar-refractivity contribution < 1.29 is 19.1 Å². The largest absolute Gasteiger partial charge is 0.495 e. The molecule has 10 heteroatoms. The van der Waals surface area contributed by atoms with Crippen molar-refractivity contribution in [3.63, 3.8) is 0 Å². The van der Waals surface area contributed by atoms with Crippen LogP contribution in [0.5, 0.6) is 11.5 Å². The number of pyridine rings is 1. The molecule has 0 spiro atoms. The van der Waals surface area contributed by atoms with Crippen LogP contribution < -0.4 is 24.4 Å². The van der Waals surface area contributed by atoms with E-state index in [0.717, 1.165) is 4.31 Å². The molecule has 31 heavy (non-hydrogen) atoms. The Hall–Kier alpha value is -3.43. The van der Waals surface area contributed by atoms with Crippen LogP contribution in [-0.2, 0) is 0 Å². The van der Waals surface area contributed by atoms with Crippen LogP contribution in [0, 0.1) is 0 Å². The van der Waals surface area contributed by atoms with E-state index in [-0.39, 0.29) is 5.91 Å². The Morgan fingerprint density at radius 2 is 1.61 bits per heavy atom. The minimum Gasteiger partial charge on any atom is -0.495 e. The molecule has 1 aromatic heterocycles. The molecular weight excluding hydrogens is 440 g/mol. The zero-order chi connectivity index (χ0) is 22.4. The second-order valence-corrected chi connectivity index (χ2v) is 6.97. The van der Waals surface area contributed by atoms with Gasteiger partial charge < -0.3 is 20.1 Å². The third kappa shape index (κ3) is 5.39. The monoisotopic (exact) mass is 458 g/mol. The number of carbonyl (C=O) groups excluding carboxylic acids is 2. The van der Waals surface area contributed by atoms with Crippen LogP contribution >= 0.6 is 24.4 Å². The molecule has 3 amide bonds. The molecule has 0 aliphatic heterocycles. The van der Waals surface area contributed by atoms with E-state index in [0.29, 0.717) is 39.1 Å². The summed E-state index contributed by atoms with van der Waals surface area (Å²) >= 11 is 10.4. The van der Waals surface area contributed by atoms with Gasteiger partial charge in [-0.25, -0.2) is 9.10 Å². The van der Waals surface area contributed by atoms with E-state index < -0.39 is 6.03 Å². The molecule has 0 atom stereocenters. The van der Waals surface area contributed by atoms with Crippen molar-refractivity contribution in [1.82, 2.24) is 4.98 Å². The van der Waals surface area contributed by atoms with Gasteiger partial charge in [0.15, 0.2) is 0 Å². The first-order valence-electron chi connectivity index (χ1n) is 8.96. The summed E-state index contributed by atoms with van der Waals surface area (Å²) in [5.74, 6) is 0.535. The lowest BCUT2D eigenvalue weighted by atomic mass is 10.2. The average molecular weight is 459 g/mol. The van der Waals surface area contributed by atoms with Gasteiger partial charge in [-0.2, -0.15) is 0 Å². The molecule has 0 radical (unpaired) electrons. The van der Waals surface area contributed by atoms with E-state index in [1.54, 1.807) is 54.9 Å².